The summed E-state index contributed by atoms with van der Waals surface area (Å²) in [7, 11) is 0. The maximum absolute atomic E-state index is 10.7. The van der Waals surface area contributed by atoms with E-state index < -0.39 is 11.3 Å². The van der Waals surface area contributed by atoms with Crippen LogP contribution in [-0.4, -0.2) is 17.2 Å². The summed E-state index contributed by atoms with van der Waals surface area (Å²) >= 11 is 5.23. The van der Waals surface area contributed by atoms with Crippen LogP contribution in [0.25, 0.3) is 0 Å². The van der Waals surface area contributed by atoms with Crippen molar-refractivity contribution in [3.8, 4) is 0 Å². The van der Waals surface area contributed by atoms with Crippen molar-refractivity contribution in [2.45, 2.75) is 26.8 Å². The van der Waals surface area contributed by atoms with Crippen molar-refractivity contribution in [3.63, 3.8) is 0 Å². The fourth-order valence-electron chi connectivity index (χ4n) is 0.704. The monoisotopic (exact) mass is 177 g/mol. The summed E-state index contributed by atoms with van der Waals surface area (Å²) in [6.07, 6.45) is 0. The van der Waals surface area contributed by atoms with Gasteiger partial charge in [0.2, 0.25) is 11.1 Å². The van der Waals surface area contributed by atoms with Crippen LogP contribution in [0.2, 0.25) is 0 Å². The van der Waals surface area contributed by atoms with E-state index in [0.29, 0.717) is 0 Å². The molecular formula is C7H12ClNO2. The molecule has 0 fully saturated rings. The third-order valence-electron chi connectivity index (χ3n) is 1.27. The molecule has 1 unspecified atom stereocenters. The Balaban J connectivity index is 4.12. The first kappa shape index (κ1) is 10.4. The molecule has 0 aromatic rings. The molecule has 11 heavy (non-hydrogen) atoms. The zero-order chi connectivity index (χ0) is 9.02. The predicted octanol–water partition coefficient (Wildman–Crippen LogP) is 0.912. The largest absolute Gasteiger partial charge is 0.345 e. The number of amides is 1. The number of hydrogen-bond donors (Lipinski definition) is 1. The number of carbonyl (C=O) groups is 2. The molecule has 0 spiro atoms. The molecule has 0 rings (SSSR count). The summed E-state index contributed by atoms with van der Waals surface area (Å²) in [5.74, 6) is -0.207. The molecular weight excluding hydrogens is 166 g/mol. The second-order valence-corrected chi connectivity index (χ2v) is 3.10. The quantitative estimate of drug-likeness (QED) is 0.652. The Labute approximate surface area is 71.1 Å². The van der Waals surface area contributed by atoms with Crippen LogP contribution in [0.4, 0.5) is 0 Å². The van der Waals surface area contributed by atoms with Gasteiger partial charge in [0.05, 0.1) is 0 Å². The first-order valence-electron chi connectivity index (χ1n) is 3.41. The van der Waals surface area contributed by atoms with E-state index in [1.807, 2.05) is 13.8 Å². The van der Waals surface area contributed by atoms with Crippen molar-refractivity contribution in [2.75, 3.05) is 0 Å². The lowest BCUT2D eigenvalue weighted by Crippen LogP contribution is -2.41. The third kappa shape index (κ3) is 3.98. The number of halogens is 1. The average molecular weight is 178 g/mol. The zero-order valence-electron chi connectivity index (χ0n) is 6.85. The lowest BCUT2D eigenvalue weighted by atomic mass is 10.1. The summed E-state index contributed by atoms with van der Waals surface area (Å²) in [5, 5.41) is 1.94. The number of carbonyl (C=O) groups excluding carboxylic acids is 2. The molecule has 64 valence electrons. The predicted molar refractivity (Wildman–Crippen MR) is 43.3 cm³/mol. The van der Waals surface area contributed by atoms with E-state index in [2.05, 4.69) is 5.32 Å². The molecule has 3 nitrogen and oxygen atoms in total. The van der Waals surface area contributed by atoms with E-state index in [-0.39, 0.29) is 11.8 Å². The van der Waals surface area contributed by atoms with Crippen molar-refractivity contribution < 1.29 is 9.59 Å². The molecule has 0 radical (unpaired) electrons. The summed E-state index contributed by atoms with van der Waals surface area (Å²) in [6, 6.07) is -0.561. The highest BCUT2D eigenvalue weighted by Gasteiger charge is 2.20. The molecule has 0 aromatic carbocycles. The van der Waals surface area contributed by atoms with Crippen LogP contribution in [0.15, 0.2) is 0 Å². The Morgan fingerprint density at radius 1 is 1.36 bits per heavy atom. The van der Waals surface area contributed by atoms with Crippen molar-refractivity contribution in [3.05, 3.63) is 0 Å². The van der Waals surface area contributed by atoms with Gasteiger partial charge in [-0.1, -0.05) is 13.8 Å². The van der Waals surface area contributed by atoms with Crippen molar-refractivity contribution in [1.82, 2.24) is 5.32 Å². The number of nitrogens with one attached hydrogen (secondary N) is 1. The first-order chi connectivity index (χ1) is 4.95. The second kappa shape index (κ2) is 4.34. The fraction of sp³-hybridized carbons (Fsp3) is 0.714. The standard InChI is InChI=1S/C7H12ClNO2/c1-4(2)6(7(8)11)9-5(3)10/h4,6H,1-3H3,(H,9,10). The summed E-state index contributed by atoms with van der Waals surface area (Å²) in [6.45, 7) is 5.00. The van der Waals surface area contributed by atoms with Gasteiger partial charge in [-0.05, 0) is 17.5 Å². The van der Waals surface area contributed by atoms with Crippen LogP contribution in [0.5, 0.6) is 0 Å². The summed E-state index contributed by atoms with van der Waals surface area (Å²) in [5.41, 5.74) is 0. The third-order valence-corrected chi connectivity index (χ3v) is 1.51. The SMILES string of the molecule is CC(=O)NC(C(=O)Cl)C(C)C. The van der Waals surface area contributed by atoms with Gasteiger partial charge in [-0.2, -0.15) is 0 Å². The molecule has 4 heteroatoms. The molecule has 0 heterocycles. The Kier molecular flexibility index (Phi) is 4.11. The van der Waals surface area contributed by atoms with Crippen LogP contribution in [0.1, 0.15) is 20.8 Å². The van der Waals surface area contributed by atoms with Gasteiger partial charge in [0.25, 0.3) is 0 Å². The Hall–Kier alpha value is -0.570. The molecule has 0 saturated carbocycles. The van der Waals surface area contributed by atoms with E-state index in [4.69, 9.17) is 11.6 Å². The molecule has 0 bridgehead atoms. The Bertz CT molecular complexity index is 168. The average Bonchev–Trinajstić information content (AvgIpc) is 1.81. The van der Waals surface area contributed by atoms with Gasteiger partial charge in [0.15, 0.2) is 0 Å². The Morgan fingerprint density at radius 2 is 1.82 bits per heavy atom. The van der Waals surface area contributed by atoms with Gasteiger partial charge in [0, 0.05) is 6.92 Å². The first-order valence-corrected chi connectivity index (χ1v) is 3.79. The molecule has 0 aliphatic rings. The van der Waals surface area contributed by atoms with Crippen LogP contribution in [0, 0.1) is 5.92 Å². The molecule has 0 aliphatic carbocycles. The van der Waals surface area contributed by atoms with Gasteiger partial charge < -0.3 is 5.32 Å². The highest BCUT2D eigenvalue weighted by Crippen LogP contribution is 2.04. The zero-order valence-corrected chi connectivity index (χ0v) is 7.61. The maximum Gasteiger partial charge on any atom is 0.244 e. The van der Waals surface area contributed by atoms with Crippen LogP contribution in [0.3, 0.4) is 0 Å². The molecule has 0 saturated heterocycles. The van der Waals surface area contributed by atoms with Crippen molar-refractivity contribution in [1.29, 1.82) is 0 Å². The lowest BCUT2D eigenvalue weighted by Gasteiger charge is -2.16. The van der Waals surface area contributed by atoms with Gasteiger partial charge in [-0.15, -0.1) is 0 Å². The summed E-state index contributed by atoms with van der Waals surface area (Å²) in [4.78, 5) is 21.2. The highest BCUT2D eigenvalue weighted by molar-refractivity contribution is 6.64. The van der Waals surface area contributed by atoms with Crippen LogP contribution >= 0.6 is 11.6 Å². The maximum atomic E-state index is 10.7. The van der Waals surface area contributed by atoms with E-state index in [0.717, 1.165) is 0 Å². The highest BCUT2D eigenvalue weighted by atomic mass is 35.5. The molecule has 0 aromatic heterocycles. The second-order valence-electron chi connectivity index (χ2n) is 2.73. The smallest absolute Gasteiger partial charge is 0.244 e. The van der Waals surface area contributed by atoms with E-state index >= 15 is 0 Å². The van der Waals surface area contributed by atoms with Crippen LogP contribution < -0.4 is 5.32 Å². The van der Waals surface area contributed by atoms with E-state index in [1.54, 1.807) is 0 Å². The fourth-order valence-corrected chi connectivity index (χ4v) is 1.01. The van der Waals surface area contributed by atoms with Gasteiger partial charge in [-0.25, -0.2) is 0 Å². The van der Waals surface area contributed by atoms with Crippen LogP contribution in [-0.2, 0) is 9.59 Å². The van der Waals surface area contributed by atoms with E-state index in [1.165, 1.54) is 6.92 Å². The molecule has 0 aliphatic heterocycles. The number of hydrogen-bond acceptors (Lipinski definition) is 2. The topological polar surface area (TPSA) is 46.2 Å². The lowest BCUT2D eigenvalue weighted by molar-refractivity contribution is -0.124. The van der Waals surface area contributed by atoms with Crippen molar-refractivity contribution in [2.24, 2.45) is 5.92 Å². The van der Waals surface area contributed by atoms with Gasteiger partial charge >= 0.3 is 0 Å². The summed E-state index contributed by atoms with van der Waals surface area (Å²) < 4.78 is 0. The molecule has 1 amide bonds. The molecule has 1 N–H and O–H groups in total. The molecule has 1 atom stereocenters. The van der Waals surface area contributed by atoms with Crippen molar-refractivity contribution >= 4 is 22.8 Å². The Morgan fingerprint density at radius 3 is 1.91 bits per heavy atom. The van der Waals surface area contributed by atoms with E-state index in [9.17, 15) is 9.59 Å². The minimum atomic E-state index is -0.561. The normalized spacial score (nSPS) is 12.8. The van der Waals surface area contributed by atoms with Gasteiger partial charge in [-0.3, -0.25) is 9.59 Å². The van der Waals surface area contributed by atoms with Gasteiger partial charge in [0.1, 0.15) is 6.04 Å². The minimum absolute atomic E-state index is 0.0314. The minimum Gasteiger partial charge on any atom is -0.345 e. The number of rotatable bonds is 3.